The van der Waals surface area contributed by atoms with Crippen LogP contribution in [0.2, 0.25) is 0 Å². The van der Waals surface area contributed by atoms with Crippen molar-refractivity contribution in [2.45, 2.75) is 37.8 Å². The molecule has 0 atom stereocenters. The summed E-state index contributed by atoms with van der Waals surface area (Å²) >= 11 is 0. The monoisotopic (exact) mass is 575 g/mol. The number of hydrogen-bond donors (Lipinski definition) is 2. The van der Waals surface area contributed by atoms with Crippen molar-refractivity contribution in [3.05, 3.63) is 66.1 Å². The van der Waals surface area contributed by atoms with Gasteiger partial charge in [0.15, 0.2) is 0 Å². The minimum absolute atomic E-state index is 0.292. The molecule has 0 unspecified atom stereocenters. The summed E-state index contributed by atoms with van der Waals surface area (Å²) in [6, 6.07) is 8.95. The Labute approximate surface area is 243 Å². The lowest BCUT2D eigenvalue weighted by atomic mass is 9.89. The fraction of sp³-hybridized carbons (Fsp3) is 0.387. The SMILES string of the molecule is COc1cc(-c2cn(C3CCC(N4CCN(C)CC4)CC3)c3ncnc(N)c23)ccc1NC(=O)c1cc(F)ccc1F. The van der Waals surface area contributed by atoms with Crippen molar-refractivity contribution in [3.8, 4) is 16.9 Å². The summed E-state index contributed by atoms with van der Waals surface area (Å²) in [5.74, 6) is -1.54. The van der Waals surface area contributed by atoms with Gasteiger partial charge in [-0.05, 0) is 68.6 Å². The Kier molecular flexibility index (Phi) is 7.78. The van der Waals surface area contributed by atoms with Crippen molar-refractivity contribution in [2.75, 3.05) is 51.4 Å². The van der Waals surface area contributed by atoms with E-state index < -0.39 is 23.1 Å². The van der Waals surface area contributed by atoms with Crippen LogP contribution < -0.4 is 15.8 Å². The van der Waals surface area contributed by atoms with E-state index in [9.17, 15) is 13.6 Å². The smallest absolute Gasteiger partial charge is 0.258 e. The number of amides is 1. The van der Waals surface area contributed by atoms with Gasteiger partial charge in [0.2, 0.25) is 0 Å². The molecule has 42 heavy (non-hydrogen) atoms. The molecule has 0 spiro atoms. The van der Waals surface area contributed by atoms with Crippen LogP contribution in [0.3, 0.4) is 0 Å². The highest BCUT2D eigenvalue weighted by Crippen LogP contribution is 2.40. The van der Waals surface area contributed by atoms with Crippen molar-refractivity contribution >= 4 is 28.4 Å². The Bertz CT molecular complexity index is 1610. The second-order valence-electron chi connectivity index (χ2n) is 11.2. The standard InChI is InChI=1S/C31H35F2N7O2/c1-38-11-13-39(14-12-38)21-5-7-22(8-6-21)40-17-24(28-29(34)35-18-36-30(28)40)19-3-10-26(27(15-19)42-2)37-31(41)23-16-20(32)4-9-25(23)33/h3-4,9-10,15-18,21-22H,5-8,11-14H2,1-2H3,(H,37,41)(H2,34,35,36). The molecule has 1 aliphatic carbocycles. The van der Waals surface area contributed by atoms with Gasteiger partial charge >= 0.3 is 0 Å². The number of carbonyl (C=O) groups is 1. The van der Waals surface area contributed by atoms with Gasteiger partial charge in [-0.15, -0.1) is 0 Å². The number of piperazine rings is 1. The van der Waals surface area contributed by atoms with E-state index >= 15 is 0 Å². The van der Waals surface area contributed by atoms with Crippen LogP contribution in [-0.4, -0.2) is 76.6 Å². The highest BCUT2D eigenvalue weighted by molar-refractivity contribution is 6.06. The van der Waals surface area contributed by atoms with Crippen LogP contribution in [0.4, 0.5) is 20.3 Å². The number of nitrogens with two attached hydrogens (primary N) is 1. The number of aromatic nitrogens is 3. The van der Waals surface area contributed by atoms with E-state index in [2.05, 4.69) is 42.9 Å². The van der Waals surface area contributed by atoms with Crippen molar-refractivity contribution < 1.29 is 18.3 Å². The summed E-state index contributed by atoms with van der Waals surface area (Å²) in [6.45, 7) is 4.49. The van der Waals surface area contributed by atoms with Crippen molar-refractivity contribution in [1.82, 2.24) is 24.3 Å². The summed E-state index contributed by atoms with van der Waals surface area (Å²) < 4.78 is 35.6. The molecule has 2 aromatic heterocycles. The molecule has 1 saturated heterocycles. The number of anilines is 2. The summed E-state index contributed by atoms with van der Waals surface area (Å²) in [5, 5.41) is 3.39. The second kappa shape index (κ2) is 11.7. The Morgan fingerprint density at radius 3 is 2.48 bits per heavy atom. The Balaban J connectivity index is 1.27. The average molecular weight is 576 g/mol. The molecule has 3 heterocycles. The second-order valence-corrected chi connectivity index (χ2v) is 11.2. The first kappa shape index (κ1) is 28.0. The summed E-state index contributed by atoms with van der Waals surface area (Å²) in [4.78, 5) is 26.7. The first-order chi connectivity index (χ1) is 20.3. The number of rotatable bonds is 6. The lowest BCUT2D eigenvalue weighted by molar-refractivity contribution is 0.0828. The van der Waals surface area contributed by atoms with Gasteiger partial charge in [-0.2, -0.15) is 0 Å². The normalized spacial score (nSPS) is 20.1. The minimum atomic E-state index is -0.815. The van der Waals surface area contributed by atoms with Crippen LogP contribution in [0.15, 0.2) is 48.9 Å². The van der Waals surface area contributed by atoms with E-state index in [1.54, 1.807) is 12.1 Å². The van der Waals surface area contributed by atoms with Gasteiger partial charge in [-0.25, -0.2) is 18.7 Å². The number of benzene rings is 2. The van der Waals surface area contributed by atoms with Crippen LogP contribution >= 0.6 is 0 Å². The zero-order valence-corrected chi connectivity index (χ0v) is 23.8. The van der Waals surface area contributed by atoms with Gasteiger partial charge in [-0.3, -0.25) is 9.69 Å². The van der Waals surface area contributed by atoms with E-state index in [-0.39, 0.29) is 0 Å². The van der Waals surface area contributed by atoms with Gasteiger partial charge in [0.1, 0.15) is 35.2 Å². The van der Waals surface area contributed by atoms with Gasteiger partial charge in [0, 0.05) is 50.0 Å². The molecule has 1 aliphatic heterocycles. The minimum Gasteiger partial charge on any atom is -0.495 e. The molecule has 0 radical (unpaired) electrons. The third-order valence-corrected chi connectivity index (χ3v) is 8.69. The van der Waals surface area contributed by atoms with E-state index in [1.165, 1.54) is 13.4 Å². The fourth-order valence-electron chi connectivity index (χ4n) is 6.32. The molecule has 0 bridgehead atoms. The third kappa shape index (κ3) is 5.41. The molecule has 9 nitrogen and oxygen atoms in total. The van der Waals surface area contributed by atoms with Gasteiger partial charge in [0.25, 0.3) is 5.91 Å². The number of likely N-dealkylation sites (N-methyl/N-ethyl adjacent to an activating group) is 1. The Morgan fingerprint density at radius 1 is 1.00 bits per heavy atom. The van der Waals surface area contributed by atoms with E-state index in [0.29, 0.717) is 29.3 Å². The lowest BCUT2D eigenvalue weighted by Gasteiger charge is -2.41. The quantitative estimate of drug-likeness (QED) is 0.336. The van der Waals surface area contributed by atoms with Gasteiger partial charge in [0.05, 0.1) is 23.7 Å². The topological polar surface area (TPSA) is 102 Å². The highest BCUT2D eigenvalue weighted by atomic mass is 19.1. The highest BCUT2D eigenvalue weighted by Gasteiger charge is 2.30. The number of fused-ring (bicyclic) bond motifs is 1. The summed E-state index contributed by atoms with van der Waals surface area (Å²) in [7, 11) is 3.67. The van der Waals surface area contributed by atoms with Crippen LogP contribution in [0, 0.1) is 11.6 Å². The maximum absolute atomic E-state index is 14.2. The number of halogens is 2. The van der Waals surface area contributed by atoms with Crippen molar-refractivity contribution in [2.24, 2.45) is 0 Å². The molecule has 3 N–H and O–H groups in total. The predicted molar refractivity (Wildman–Crippen MR) is 159 cm³/mol. The molecule has 1 saturated carbocycles. The largest absolute Gasteiger partial charge is 0.495 e. The Hall–Kier alpha value is -4.09. The maximum atomic E-state index is 14.2. The molecule has 1 amide bonds. The van der Waals surface area contributed by atoms with Gasteiger partial charge in [-0.1, -0.05) is 6.07 Å². The van der Waals surface area contributed by atoms with Crippen LogP contribution in [0.25, 0.3) is 22.2 Å². The van der Waals surface area contributed by atoms with Crippen LogP contribution in [0.1, 0.15) is 42.1 Å². The molecule has 2 aliphatic rings. The molecule has 11 heteroatoms. The number of nitrogen functional groups attached to an aromatic ring is 1. The first-order valence-corrected chi connectivity index (χ1v) is 14.3. The van der Waals surface area contributed by atoms with Crippen molar-refractivity contribution in [3.63, 3.8) is 0 Å². The molecule has 220 valence electrons. The zero-order chi connectivity index (χ0) is 29.4. The molecule has 4 aromatic rings. The maximum Gasteiger partial charge on any atom is 0.258 e. The number of nitrogens with one attached hydrogen (secondary N) is 1. The fourth-order valence-corrected chi connectivity index (χ4v) is 6.32. The predicted octanol–water partition coefficient (Wildman–Crippen LogP) is 4.95. The van der Waals surface area contributed by atoms with E-state index in [0.717, 1.165) is 92.2 Å². The lowest BCUT2D eigenvalue weighted by Crippen LogP contribution is -2.49. The third-order valence-electron chi connectivity index (χ3n) is 8.69. The number of ether oxygens (including phenoxy) is 1. The Morgan fingerprint density at radius 2 is 1.74 bits per heavy atom. The van der Waals surface area contributed by atoms with Gasteiger partial charge < -0.3 is 25.3 Å². The number of carbonyl (C=O) groups excluding carboxylic acids is 1. The zero-order valence-electron chi connectivity index (χ0n) is 23.8. The van der Waals surface area contributed by atoms with Crippen molar-refractivity contribution in [1.29, 1.82) is 0 Å². The molecule has 6 rings (SSSR count). The molecular formula is C31H35F2N7O2. The van der Waals surface area contributed by atoms with Crippen LogP contribution in [-0.2, 0) is 0 Å². The summed E-state index contributed by atoms with van der Waals surface area (Å²) in [5.41, 5.74) is 8.78. The first-order valence-electron chi connectivity index (χ1n) is 14.3. The van der Waals surface area contributed by atoms with Crippen LogP contribution in [0.5, 0.6) is 5.75 Å². The average Bonchev–Trinajstić information content (AvgIpc) is 3.40. The number of hydrogen-bond acceptors (Lipinski definition) is 7. The number of nitrogens with zero attached hydrogens (tertiary/aromatic N) is 5. The summed E-state index contributed by atoms with van der Waals surface area (Å²) in [6.07, 6.45) is 7.96. The van der Waals surface area contributed by atoms with E-state index in [1.807, 2.05) is 6.07 Å². The molecule has 2 fully saturated rings. The molecular weight excluding hydrogens is 540 g/mol. The number of methoxy groups -OCH3 is 1. The van der Waals surface area contributed by atoms with E-state index in [4.69, 9.17) is 10.5 Å². The molecule has 2 aromatic carbocycles.